The molecule has 0 aliphatic carbocycles. The summed E-state index contributed by atoms with van der Waals surface area (Å²) in [7, 11) is 0. The third-order valence-electron chi connectivity index (χ3n) is 2.88. The maximum absolute atomic E-state index is 4.14. The summed E-state index contributed by atoms with van der Waals surface area (Å²) in [6, 6.07) is 10.3. The summed E-state index contributed by atoms with van der Waals surface area (Å²) in [6.45, 7) is 7.42. The van der Waals surface area contributed by atoms with Crippen molar-refractivity contribution in [2.45, 2.75) is 26.3 Å². The lowest BCUT2D eigenvalue weighted by Gasteiger charge is -2.00. The Hall–Kier alpha value is -1.83. The Kier molecular flexibility index (Phi) is 3.76. The predicted molar refractivity (Wildman–Crippen MR) is 70.4 cm³/mol. The molecule has 2 rings (SSSR count). The average molecular weight is 227 g/mol. The maximum Gasteiger partial charge on any atom is 0.248 e. The normalized spacial score (nSPS) is 10.4. The molecule has 0 fully saturated rings. The largest absolute Gasteiger partial charge is 0.248 e. The summed E-state index contributed by atoms with van der Waals surface area (Å²) in [5, 5.41) is 0. The van der Waals surface area contributed by atoms with Crippen molar-refractivity contribution < 1.29 is 4.57 Å². The van der Waals surface area contributed by atoms with Gasteiger partial charge in [-0.25, -0.2) is 9.13 Å². The zero-order valence-electron chi connectivity index (χ0n) is 10.3. The molecule has 0 amide bonds. The van der Waals surface area contributed by atoms with Crippen molar-refractivity contribution in [3.05, 3.63) is 61.2 Å². The van der Waals surface area contributed by atoms with Gasteiger partial charge in [-0.15, -0.1) is 0 Å². The summed E-state index contributed by atoms with van der Waals surface area (Å²) < 4.78 is 4.28. The van der Waals surface area contributed by atoms with Crippen LogP contribution >= 0.6 is 0 Å². The topological polar surface area (TPSA) is 8.81 Å². The van der Waals surface area contributed by atoms with Gasteiger partial charge in [-0.1, -0.05) is 50.3 Å². The first kappa shape index (κ1) is 11.6. The molecule has 0 spiro atoms. The second-order valence-electron chi connectivity index (χ2n) is 4.22. The van der Waals surface area contributed by atoms with Crippen molar-refractivity contribution in [2.24, 2.45) is 0 Å². The molecule has 0 aliphatic rings. The number of aryl methyl sites for hydroxylation is 1. The molecule has 88 valence electrons. The smallest absolute Gasteiger partial charge is 0.236 e. The number of hydrogen-bond donors (Lipinski definition) is 0. The van der Waals surface area contributed by atoms with E-state index >= 15 is 0 Å². The number of nitrogens with zero attached hydrogens (tertiary/aromatic N) is 2. The fourth-order valence-corrected chi connectivity index (χ4v) is 1.81. The zero-order chi connectivity index (χ0) is 12.1. The van der Waals surface area contributed by atoms with E-state index in [0.717, 1.165) is 17.8 Å². The fourth-order valence-electron chi connectivity index (χ4n) is 1.81. The van der Waals surface area contributed by atoms with Crippen molar-refractivity contribution in [3.8, 4) is 0 Å². The molecular formula is C15H19N2+. The number of aromatic nitrogens is 2. The van der Waals surface area contributed by atoms with Gasteiger partial charge in [0.15, 0.2) is 0 Å². The minimum atomic E-state index is 1.01. The van der Waals surface area contributed by atoms with Gasteiger partial charge in [0.05, 0.1) is 6.54 Å². The van der Waals surface area contributed by atoms with Crippen LogP contribution in [-0.2, 0) is 6.54 Å². The Morgan fingerprint density at radius 1 is 1.29 bits per heavy atom. The second kappa shape index (κ2) is 5.48. The van der Waals surface area contributed by atoms with Crippen LogP contribution in [0.4, 0.5) is 0 Å². The minimum absolute atomic E-state index is 1.01. The summed E-state index contributed by atoms with van der Waals surface area (Å²) in [6.07, 6.45) is 8.70. The van der Waals surface area contributed by atoms with Crippen LogP contribution in [0.2, 0.25) is 0 Å². The van der Waals surface area contributed by atoms with E-state index in [1.165, 1.54) is 12.8 Å². The van der Waals surface area contributed by atoms with Gasteiger partial charge >= 0.3 is 0 Å². The third-order valence-corrected chi connectivity index (χ3v) is 2.88. The summed E-state index contributed by atoms with van der Waals surface area (Å²) >= 11 is 0. The van der Waals surface area contributed by atoms with Crippen LogP contribution in [0.5, 0.6) is 0 Å². The van der Waals surface area contributed by atoms with Crippen LogP contribution in [0.25, 0.3) is 5.70 Å². The Bertz CT molecular complexity index is 483. The molecule has 0 atom stereocenters. The van der Waals surface area contributed by atoms with Crippen LogP contribution in [0.15, 0.2) is 55.6 Å². The summed E-state index contributed by atoms with van der Waals surface area (Å²) in [5.74, 6) is 0. The molecule has 0 N–H and O–H groups in total. The first-order chi connectivity index (χ1) is 8.31. The number of rotatable bonds is 5. The van der Waals surface area contributed by atoms with Crippen LogP contribution in [0, 0.1) is 0 Å². The molecule has 17 heavy (non-hydrogen) atoms. The van der Waals surface area contributed by atoms with Crippen molar-refractivity contribution in [1.82, 2.24) is 4.57 Å². The molecule has 2 aromatic rings. The Balaban J connectivity index is 2.12. The second-order valence-corrected chi connectivity index (χ2v) is 4.22. The Morgan fingerprint density at radius 2 is 2.06 bits per heavy atom. The van der Waals surface area contributed by atoms with Gasteiger partial charge in [-0.05, 0) is 6.42 Å². The van der Waals surface area contributed by atoms with Crippen molar-refractivity contribution in [3.63, 3.8) is 0 Å². The highest BCUT2D eigenvalue weighted by molar-refractivity contribution is 5.62. The quantitative estimate of drug-likeness (QED) is 0.694. The van der Waals surface area contributed by atoms with Crippen LogP contribution in [0.3, 0.4) is 0 Å². The molecule has 1 aromatic carbocycles. The van der Waals surface area contributed by atoms with Crippen molar-refractivity contribution in [1.29, 1.82) is 0 Å². The molecule has 2 nitrogen and oxygen atoms in total. The Labute approximate surface area is 103 Å². The van der Waals surface area contributed by atoms with Gasteiger partial charge in [0.1, 0.15) is 18.1 Å². The first-order valence-electron chi connectivity index (χ1n) is 6.13. The van der Waals surface area contributed by atoms with Gasteiger partial charge in [0.25, 0.3) is 0 Å². The zero-order valence-corrected chi connectivity index (χ0v) is 10.3. The summed E-state index contributed by atoms with van der Waals surface area (Å²) in [5.41, 5.74) is 2.17. The molecule has 0 saturated carbocycles. The van der Waals surface area contributed by atoms with Crippen LogP contribution < -0.4 is 4.57 Å². The number of unbranched alkanes of at least 4 members (excludes halogenated alkanes) is 1. The molecule has 0 unspecified atom stereocenters. The lowest BCUT2D eigenvalue weighted by Crippen LogP contribution is -2.30. The maximum atomic E-state index is 4.14. The molecule has 0 bridgehead atoms. The average Bonchev–Trinajstić information content (AvgIpc) is 2.85. The lowest BCUT2D eigenvalue weighted by atomic mass is 10.2. The van der Waals surface area contributed by atoms with Gasteiger partial charge in [0.2, 0.25) is 6.33 Å². The van der Waals surface area contributed by atoms with E-state index in [4.69, 9.17) is 0 Å². The van der Waals surface area contributed by atoms with Gasteiger partial charge in [-0.2, -0.15) is 0 Å². The monoisotopic (exact) mass is 227 g/mol. The molecule has 1 aromatic heterocycles. The minimum Gasteiger partial charge on any atom is -0.236 e. The first-order valence-corrected chi connectivity index (χ1v) is 6.13. The highest BCUT2D eigenvalue weighted by Gasteiger charge is 2.08. The van der Waals surface area contributed by atoms with Gasteiger partial charge < -0.3 is 0 Å². The molecule has 0 aliphatic heterocycles. The fraction of sp³-hybridized carbons (Fsp3) is 0.267. The number of benzene rings is 1. The van der Waals surface area contributed by atoms with E-state index in [0.29, 0.717) is 0 Å². The predicted octanol–water partition coefficient (Wildman–Crippen LogP) is 3.09. The van der Waals surface area contributed by atoms with E-state index < -0.39 is 0 Å². The van der Waals surface area contributed by atoms with E-state index in [1.807, 2.05) is 18.2 Å². The van der Waals surface area contributed by atoms with Gasteiger partial charge in [0, 0.05) is 5.56 Å². The molecule has 0 radical (unpaired) electrons. The molecule has 2 heteroatoms. The van der Waals surface area contributed by atoms with Crippen molar-refractivity contribution in [2.75, 3.05) is 0 Å². The highest BCUT2D eigenvalue weighted by atomic mass is 15.1. The third kappa shape index (κ3) is 2.84. The standard InChI is InChI=1S/C15H19N2/c1-3-4-10-16-11-12-17(13-16)14(2)15-8-6-5-7-9-15/h5-9,11-13H,2-4,10H2,1H3/q+1. The lowest BCUT2D eigenvalue weighted by molar-refractivity contribution is -0.696. The van der Waals surface area contributed by atoms with E-state index in [-0.39, 0.29) is 0 Å². The highest BCUT2D eigenvalue weighted by Crippen LogP contribution is 2.13. The number of hydrogen-bond acceptors (Lipinski definition) is 0. The molecular weight excluding hydrogens is 208 g/mol. The van der Waals surface area contributed by atoms with E-state index in [2.05, 4.69) is 53.5 Å². The van der Waals surface area contributed by atoms with E-state index in [9.17, 15) is 0 Å². The van der Waals surface area contributed by atoms with Crippen molar-refractivity contribution >= 4 is 5.70 Å². The van der Waals surface area contributed by atoms with Crippen LogP contribution in [-0.4, -0.2) is 4.57 Å². The molecule has 1 heterocycles. The summed E-state index contributed by atoms with van der Waals surface area (Å²) in [4.78, 5) is 0. The Morgan fingerprint density at radius 3 is 2.76 bits per heavy atom. The number of imidazole rings is 1. The van der Waals surface area contributed by atoms with Crippen LogP contribution in [0.1, 0.15) is 25.3 Å². The SMILES string of the molecule is C=C(c1ccccc1)n1cc[n+](CCCC)c1. The molecule has 0 saturated heterocycles. The van der Waals surface area contributed by atoms with E-state index in [1.54, 1.807) is 0 Å². The van der Waals surface area contributed by atoms with Gasteiger partial charge in [-0.3, -0.25) is 0 Å².